The molecule has 0 saturated heterocycles. The maximum absolute atomic E-state index is 10.8. The summed E-state index contributed by atoms with van der Waals surface area (Å²) in [5, 5.41) is 11.9. The average Bonchev–Trinajstić information content (AvgIpc) is 2.62. The topological polar surface area (TPSA) is 73.4 Å². The second-order valence-electron chi connectivity index (χ2n) is 5.53. The van der Waals surface area contributed by atoms with Crippen molar-refractivity contribution in [3.63, 3.8) is 0 Å². The summed E-state index contributed by atoms with van der Waals surface area (Å²) in [7, 11) is 0. The van der Waals surface area contributed by atoms with E-state index in [9.17, 15) is 10.1 Å². The van der Waals surface area contributed by atoms with Crippen molar-refractivity contribution in [1.82, 2.24) is 9.97 Å². The molecule has 0 unspecified atom stereocenters. The fourth-order valence-corrected chi connectivity index (χ4v) is 2.79. The molecule has 0 radical (unpaired) electrons. The predicted molar refractivity (Wildman–Crippen MR) is 93.3 cm³/mol. The van der Waals surface area contributed by atoms with E-state index in [1.165, 1.54) is 17.0 Å². The van der Waals surface area contributed by atoms with E-state index >= 15 is 0 Å². The molecule has 24 heavy (non-hydrogen) atoms. The first-order chi connectivity index (χ1) is 11.6. The van der Waals surface area contributed by atoms with Gasteiger partial charge in [0, 0.05) is 17.7 Å². The van der Waals surface area contributed by atoms with E-state index in [-0.39, 0.29) is 5.69 Å². The minimum Gasteiger partial charge on any atom is -0.286 e. The number of nitrogens with one attached hydrogen (secondary N) is 1. The summed E-state index contributed by atoms with van der Waals surface area (Å²) in [4.78, 5) is 21.1. The molecule has 0 aliphatic rings. The standard InChI is InChI=1S/C18H18N4O2/c1-3-21(4-2)18-15-7-5-6-8-16(15)19-17(20-18)13-9-11-14(12-10-13)22(23)24/h5-12H,3-4H2,1-2H3/p+1. The van der Waals surface area contributed by atoms with Crippen molar-refractivity contribution in [3.8, 4) is 11.4 Å². The van der Waals surface area contributed by atoms with Gasteiger partial charge in [0.1, 0.15) is 0 Å². The van der Waals surface area contributed by atoms with Gasteiger partial charge in [-0.15, -0.1) is 0 Å². The molecule has 0 fully saturated rings. The fourth-order valence-electron chi connectivity index (χ4n) is 2.79. The number of rotatable bonds is 5. The second-order valence-corrected chi connectivity index (χ2v) is 5.53. The number of nitrogens with zero attached hydrogens (tertiary/aromatic N) is 3. The quantitative estimate of drug-likeness (QED) is 0.579. The Hall–Kier alpha value is -2.86. The summed E-state index contributed by atoms with van der Waals surface area (Å²) in [5.74, 6) is 1.57. The third kappa shape index (κ3) is 2.96. The highest BCUT2D eigenvalue weighted by atomic mass is 16.6. The lowest BCUT2D eigenvalue weighted by molar-refractivity contribution is -0.829. The van der Waals surface area contributed by atoms with E-state index in [2.05, 4.69) is 18.8 Å². The molecule has 2 aromatic carbocycles. The largest absolute Gasteiger partial charge is 0.286 e. The van der Waals surface area contributed by atoms with E-state index in [0.29, 0.717) is 5.82 Å². The molecule has 0 saturated carbocycles. The van der Waals surface area contributed by atoms with Crippen LogP contribution in [0.1, 0.15) is 13.8 Å². The number of nitro benzene ring substituents is 1. The van der Waals surface area contributed by atoms with E-state index < -0.39 is 4.92 Å². The predicted octanol–water partition coefficient (Wildman–Crippen LogP) is 2.76. The van der Waals surface area contributed by atoms with Gasteiger partial charge in [0.2, 0.25) is 5.82 Å². The summed E-state index contributed by atoms with van der Waals surface area (Å²) < 4.78 is 0. The molecule has 3 aromatic rings. The van der Waals surface area contributed by atoms with Crippen LogP contribution in [0.15, 0.2) is 48.5 Å². The van der Waals surface area contributed by atoms with Crippen LogP contribution in [-0.4, -0.2) is 28.0 Å². The van der Waals surface area contributed by atoms with Gasteiger partial charge in [-0.3, -0.25) is 15.0 Å². The zero-order chi connectivity index (χ0) is 17.1. The Balaban J connectivity index is 2.16. The van der Waals surface area contributed by atoms with Crippen molar-refractivity contribution in [3.05, 3.63) is 58.6 Å². The number of hydrogen-bond donors (Lipinski definition) is 1. The molecule has 1 N–H and O–H groups in total. The highest BCUT2D eigenvalue weighted by Crippen LogP contribution is 2.24. The Morgan fingerprint density at radius 3 is 2.29 bits per heavy atom. The third-order valence-electron chi connectivity index (χ3n) is 4.13. The average molecular weight is 323 g/mol. The molecule has 6 nitrogen and oxygen atoms in total. The van der Waals surface area contributed by atoms with Crippen LogP contribution in [0.3, 0.4) is 0 Å². The minimum absolute atomic E-state index is 0.0640. The lowest BCUT2D eigenvalue weighted by atomic mass is 10.1. The van der Waals surface area contributed by atoms with Gasteiger partial charge in [0.05, 0.1) is 28.9 Å². The van der Waals surface area contributed by atoms with Crippen molar-refractivity contribution in [2.75, 3.05) is 13.1 Å². The zero-order valence-corrected chi connectivity index (χ0v) is 13.7. The number of aromatic nitrogens is 2. The monoisotopic (exact) mass is 323 g/mol. The molecule has 0 aliphatic carbocycles. The van der Waals surface area contributed by atoms with Crippen LogP contribution in [0.5, 0.6) is 0 Å². The first-order valence-electron chi connectivity index (χ1n) is 8.00. The number of benzene rings is 2. The maximum Gasteiger partial charge on any atom is 0.269 e. The molecule has 122 valence electrons. The Bertz CT molecular complexity index is 874. The maximum atomic E-state index is 10.8. The molecular weight excluding hydrogens is 304 g/mol. The summed E-state index contributed by atoms with van der Waals surface area (Å²) in [6, 6.07) is 14.3. The van der Waals surface area contributed by atoms with Crippen LogP contribution >= 0.6 is 0 Å². The molecule has 0 aliphatic heterocycles. The van der Waals surface area contributed by atoms with Gasteiger partial charge in [0.15, 0.2) is 5.82 Å². The highest BCUT2D eigenvalue weighted by Gasteiger charge is 2.17. The van der Waals surface area contributed by atoms with Crippen LogP contribution in [0.2, 0.25) is 0 Å². The number of non-ortho nitro benzene ring substituents is 1. The van der Waals surface area contributed by atoms with Gasteiger partial charge in [-0.2, -0.15) is 4.98 Å². The first kappa shape index (κ1) is 16.0. The Morgan fingerprint density at radius 1 is 1.00 bits per heavy atom. The van der Waals surface area contributed by atoms with Crippen molar-refractivity contribution in [2.24, 2.45) is 0 Å². The van der Waals surface area contributed by atoms with E-state index in [0.717, 1.165) is 35.4 Å². The molecule has 0 bridgehead atoms. The van der Waals surface area contributed by atoms with Gasteiger partial charge in [0.25, 0.3) is 5.69 Å². The minimum atomic E-state index is -0.406. The summed E-state index contributed by atoms with van der Waals surface area (Å²) in [6.45, 7) is 6.11. The smallest absolute Gasteiger partial charge is 0.269 e. The molecule has 0 spiro atoms. The van der Waals surface area contributed by atoms with Crippen LogP contribution < -0.4 is 4.90 Å². The summed E-state index contributed by atoms with van der Waals surface area (Å²) in [6.07, 6.45) is 0. The van der Waals surface area contributed by atoms with E-state index in [4.69, 9.17) is 4.98 Å². The van der Waals surface area contributed by atoms with Gasteiger partial charge in [-0.1, -0.05) is 12.1 Å². The van der Waals surface area contributed by atoms with Crippen LogP contribution in [0.25, 0.3) is 22.3 Å². The molecule has 0 atom stereocenters. The number of fused-ring (bicyclic) bond motifs is 1. The van der Waals surface area contributed by atoms with Gasteiger partial charge in [-0.25, -0.2) is 4.98 Å². The van der Waals surface area contributed by atoms with Crippen LogP contribution in [-0.2, 0) is 0 Å². The lowest BCUT2D eigenvalue weighted by Gasteiger charge is -2.16. The van der Waals surface area contributed by atoms with Gasteiger partial charge < -0.3 is 0 Å². The Kier molecular flexibility index (Phi) is 4.48. The molecule has 0 amide bonds. The second kappa shape index (κ2) is 6.72. The number of quaternary nitrogens is 1. The van der Waals surface area contributed by atoms with E-state index in [1.807, 2.05) is 24.3 Å². The number of hydrogen-bond acceptors (Lipinski definition) is 4. The molecule has 1 aromatic heterocycles. The Labute approximate surface area is 139 Å². The zero-order valence-electron chi connectivity index (χ0n) is 13.7. The number of para-hydroxylation sites is 1. The van der Waals surface area contributed by atoms with Crippen LogP contribution in [0.4, 0.5) is 11.5 Å². The van der Waals surface area contributed by atoms with Gasteiger partial charge in [-0.05, 0) is 38.1 Å². The first-order valence-corrected chi connectivity index (χ1v) is 8.00. The van der Waals surface area contributed by atoms with Gasteiger partial charge >= 0.3 is 0 Å². The van der Waals surface area contributed by atoms with Crippen molar-refractivity contribution in [1.29, 1.82) is 0 Å². The summed E-state index contributed by atoms with van der Waals surface area (Å²) >= 11 is 0. The van der Waals surface area contributed by atoms with E-state index in [1.54, 1.807) is 12.1 Å². The Morgan fingerprint density at radius 2 is 1.67 bits per heavy atom. The van der Waals surface area contributed by atoms with Crippen molar-refractivity contribution < 1.29 is 9.82 Å². The van der Waals surface area contributed by atoms with Crippen molar-refractivity contribution >= 4 is 22.4 Å². The lowest BCUT2D eigenvalue weighted by Crippen LogP contribution is -3.06. The molecule has 1 heterocycles. The molecule has 3 rings (SSSR count). The van der Waals surface area contributed by atoms with Crippen LogP contribution in [0, 0.1) is 10.1 Å². The fraction of sp³-hybridized carbons (Fsp3) is 0.222. The highest BCUT2D eigenvalue weighted by molar-refractivity contribution is 5.87. The SMILES string of the molecule is CC[NH+](CC)c1nc(-c2ccc([N+](=O)[O-])cc2)nc2ccccc12. The molecular formula is C18H19N4O2+. The normalized spacial score (nSPS) is 11.1. The third-order valence-corrected chi connectivity index (χ3v) is 4.13. The van der Waals surface area contributed by atoms with Crippen molar-refractivity contribution in [2.45, 2.75) is 13.8 Å². The number of nitro groups is 1. The molecule has 6 heteroatoms. The summed E-state index contributed by atoms with van der Waals surface area (Å²) in [5.41, 5.74) is 1.73.